The van der Waals surface area contributed by atoms with Crippen molar-refractivity contribution in [1.82, 2.24) is 9.97 Å². The Morgan fingerprint density at radius 1 is 1.28 bits per heavy atom. The van der Waals surface area contributed by atoms with Gasteiger partial charge in [-0.3, -0.25) is 4.79 Å². The molecule has 0 spiro atoms. The van der Waals surface area contributed by atoms with Crippen molar-refractivity contribution in [3.05, 3.63) is 57.9 Å². The Balaban J connectivity index is 2.08. The highest BCUT2D eigenvalue weighted by atomic mass is 16.4. The van der Waals surface area contributed by atoms with E-state index < -0.39 is 5.97 Å². The summed E-state index contributed by atoms with van der Waals surface area (Å²) in [4.78, 5) is 30.0. The molecule has 0 saturated heterocycles. The molecule has 0 saturated carbocycles. The van der Waals surface area contributed by atoms with Crippen LogP contribution in [0.1, 0.15) is 43.2 Å². The van der Waals surface area contributed by atoms with E-state index in [1.807, 2.05) is 32.0 Å². The van der Waals surface area contributed by atoms with Crippen LogP contribution in [-0.4, -0.2) is 27.3 Å². The van der Waals surface area contributed by atoms with Crippen molar-refractivity contribution >= 4 is 29.0 Å². The highest BCUT2D eigenvalue weighted by Gasteiger charge is 2.17. The van der Waals surface area contributed by atoms with E-state index in [2.05, 4.69) is 15.3 Å². The standard InChI is InChI=1S/C19H19N3O3/c1-10-5-4-6-11(2)13(10)8-20-15-7-16(19(24)25)22-17-14(9-23)12(3)21-18(15)17/h4-7,9,21H,8H2,1-3H3,(H,20,22)(H,24,25). The number of aldehydes is 1. The van der Waals surface area contributed by atoms with Crippen LogP contribution >= 0.6 is 0 Å². The van der Waals surface area contributed by atoms with Crippen LogP contribution in [0.2, 0.25) is 0 Å². The number of hydrogen-bond donors (Lipinski definition) is 3. The molecule has 3 N–H and O–H groups in total. The van der Waals surface area contributed by atoms with Crippen LogP contribution in [0.3, 0.4) is 0 Å². The average molecular weight is 337 g/mol. The molecule has 0 atom stereocenters. The molecule has 0 radical (unpaired) electrons. The minimum Gasteiger partial charge on any atom is -0.477 e. The molecule has 0 bridgehead atoms. The van der Waals surface area contributed by atoms with Crippen LogP contribution in [0.4, 0.5) is 5.69 Å². The first-order chi connectivity index (χ1) is 11.9. The maximum Gasteiger partial charge on any atom is 0.354 e. The van der Waals surface area contributed by atoms with Crippen molar-refractivity contribution in [2.75, 3.05) is 5.32 Å². The smallest absolute Gasteiger partial charge is 0.354 e. The van der Waals surface area contributed by atoms with Gasteiger partial charge >= 0.3 is 5.97 Å². The SMILES string of the molecule is Cc1cccc(C)c1CNc1cc(C(=O)O)nc2c(C=O)c(C)[nH]c12. The van der Waals surface area contributed by atoms with E-state index in [-0.39, 0.29) is 5.69 Å². The summed E-state index contributed by atoms with van der Waals surface area (Å²) in [5, 5.41) is 12.6. The summed E-state index contributed by atoms with van der Waals surface area (Å²) in [7, 11) is 0. The molecule has 0 aliphatic carbocycles. The Labute approximate surface area is 144 Å². The number of fused-ring (bicyclic) bond motifs is 1. The summed E-state index contributed by atoms with van der Waals surface area (Å²) in [6.45, 7) is 6.39. The number of aromatic amines is 1. The quantitative estimate of drug-likeness (QED) is 0.618. The Morgan fingerprint density at radius 3 is 2.56 bits per heavy atom. The molecular formula is C19H19N3O3. The minimum atomic E-state index is -1.13. The summed E-state index contributed by atoms with van der Waals surface area (Å²) >= 11 is 0. The zero-order chi connectivity index (χ0) is 18.1. The first-order valence-electron chi connectivity index (χ1n) is 7.93. The van der Waals surface area contributed by atoms with Crippen molar-refractivity contribution in [1.29, 1.82) is 0 Å². The number of carbonyl (C=O) groups is 2. The van der Waals surface area contributed by atoms with Crippen molar-refractivity contribution in [3.8, 4) is 0 Å². The predicted molar refractivity (Wildman–Crippen MR) is 96.4 cm³/mol. The van der Waals surface area contributed by atoms with Crippen molar-refractivity contribution in [2.24, 2.45) is 0 Å². The number of carboxylic acids is 1. The number of pyridine rings is 1. The number of carbonyl (C=O) groups excluding carboxylic acids is 1. The molecule has 0 amide bonds. The number of rotatable bonds is 5. The fourth-order valence-corrected chi connectivity index (χ4v) is 3.00. The fraction of sp³-hybridized carbons (Fsp3) is 0.211. The highest BCUT2D eigenvalue weighted by molar-refractivity contribution is 6.03. The van der Waals surface area contributed by atoms with E-state index in [9.17, 15) is 14.7 Å². The van der Waals surface area contributed by atoms with Crippen LogP contribution in [0, 0.1) is 20.8 Å². The van der Waals surface area contributed by atoms with Gasteiger partial charge in [-0.1, -0.05) is 18.2 Å². The molecule has 128 valence electrons. The Hall–Kier alpha value is -3.15. The summed E-state index contributed by atoms with van der Waals surface area (Å²) < 4.78 is 0. The molecule has 0 unspecified atom stereocenters. The van der Waals surface area contributed by atoms with Crippen molar-refractivity contribution in [2.45, 2.75) is 27.3 Å². The molecule has 2 aromatic heterocycles. The second-order valence-electron chi connectivity index (χ2n) is 6.09. The van der Waals surface area contributed by atoms with Crippen LogP contribution in [0.15, 0.2) is 24.3 Å². The lowest BCUT2D eigenvalue weighted by Crippen LogP contribution is -2.07. The predicted octanol–water partition coefficient (Wildman–Crippen LogP) is 3.61. The van der Waals surface area contributed by atoms with E-state index in [4.69, 9.17) is 0 Å². The molecule has 0 aliphatic heterocycles. The zero-order valence-corrected chi connectivity index (χ0v) is 14.3. The van der Waals surface area contributed by atoms with Gasteiger partial charge in [-0.05, 0) is 43.5 Å². The number of benzene rings is 1. The second kappa shape index (κ2) is 6.39. The minimum absolute atomic E-state index is 0.0985. The van der Waals surface area contributed by atoms with Crippen LogP contribution in [0.5, 0.6) is 0 Å². The number of carboxylic acid groups (broad SMARTS) is 1. The molecular weight excluding hydrogens is 318 g/mol. The molecule has 1 aromatic carbocycles. The van der Waals surface area contributed by atoms with Crippen molar-refractivity contribution in [3.63, 3.8) is 0 Å². The van der Waals surface area contributed by atoms with Crippen LogP contribution < -0.4 is 5.32 Å². The number of anilines is 1. The Bertz CT molecular complexity index is 969. The van der Waals surface area contributed by atoms with E-state index in [1.54, 1.807) is 6.92 Å². The summed E-state index contributed by atoms with van der Waals surface area (Å²) in [5.74, 6) is -1.13. The van der Waals surface area contributed by atoms with Crippen LogP contribution in [-0.2, 0) is 6.54 Å². The lowest BCUT2D eigenvalue weighted by Gasteiger charge is -2.13. The second-order valence-corrected chi connectivity index (χ2v) is 6.09. The molecule has 3 rings (SSSR count). The third-order valence-corrected chi connectivity index (χ3v) is 4.43. The topological polar surface area (TPSA) is 95.1 Å². The van der Waals surface area contributed by atoms with Gasteiger partial charge in [0.2, 0.25) is 0 Å². The monoisotopic (exact) mass is 337 g/mol. The van der Waals surface area contributed by atoms with E-state index in [1.165, 1.54) is 6.07 Å². The van der Waals surface area contributed by atoms with Gasteiger partial charge in [-0.25, -0.2) is 9.78 Å². The third kappa shape index (κ3) is 2.98. The van der Waals surface area contributed by atoms with Gasteiger partial charge in [0.15, 0.2) is 12.0 Å². The fourth-order valence-electron chi connectivity index (χ4n) is 3.00. The molecule has 6 heteroatoms. The van der Waals surface area contributed by atoms with E-state index in [0.717, 1.165) is 16.7 Å². The lowest BCUT2D eigenvalue weighted by molar-refractivity contribution is 0.0690. The number of aromatic nitrogens is 2. The van der Waals surface area contributed by atoms with E-state index in [0.29, 0.717) is 40.8 Å². The average Bonchev–Trinajstić information content (AvgIpc) is 2.89. The summed E-state index contributed by atoms with van der Waals surface area (Å²) in [6.07, 6.45) is 0.696. The number of aromatic carboxylic acids is 1. The van der Waals surface area contributed by atoms with Gasteiger partial charge in [0.05, 0.1) is 16.8 Å². The van der Waals surface area contributed by atoms with Gasteiger partial charge in [0.25, 0.3) is 0 Å². The molecule has 3 aromatic rings. The molecule has 0 aliphatic rings. The van der Waals surface area contributed by atoms with Gasteiger partial charge < -0.3 is 15.4 Å². The molecule has 2 heterocycles. The highest BCUT2D eigenvalue weighted by Crippen LogP contribution is 2.28. The third-order valence-electron chi connectivity index (χ3n) is 4.43. The zero-order valence-electron chi connectivity index (χ0n) is 14.3. The molecule has 0 fully saturated rings. The number of nitrogens with one attached hydrogen (secondary N) is 2. The normalized spacial score (nSPS) is 10.8. The maximum atomic E-state index is 11.4. The lowest BCUT2D eigenvalue weighted by atomic mass is 10.0. The molecule has 6 nitrogen and oxygen atoms in total. The maximum absolute atomic E-state index is 11.4. The van der Waals surface area contributed by atoms with Crippen LogP contribution in [0.25, 0.3) is 11.0 Å². The largest absolute Gasteiger partial charge is 0.477 e. The Kier molecular flexibility index (Phi) is 4.27. The number of H-pyrrole nitrogens is 1. The van der Waals surface area contributed by atoms with Gasteiger partial charge in [-0.2, -0.15) is 0 Å². The van der Waals surface area contributed by atoms with Gasteiger partial charge in [0.1, 0.15) is 5.52 Å². The Morgan fingerprint density at radius 2 is 1.96 bits per heavy atom. The number of nitrogens with zero attached hydrogens (tertiary/aromatic N) is 1. The van der Waals surface area contributed by atoms with Gasteiger partial charge in [0, 0.05) is 12.2 Å². The van der Waals surface area contributed by atoms with E-state index >= 15 is 0 Å². The van der Waals surface area contributed by atoms with Gasteiger partial charge in [-0.15, -0.1) is 0 Å². The number of hydrogen-bond acceptors (Lipinski definition) is 4. The summed E-state index contributed by atoms with van der Waals surface area (Å²) in [6, 6.07) is 7.57. The van der Waals surface area contributed by atoms with Crippen molar-refractivity contribution < 1.29 is 14.7 Å². The molecule has 25 heavy (non-hydrogen) atoms. The first-order valence-corrected chi connectivity index (χ1v) is 7.93. The summed E-state index contributed by atoms with van der Waals surface area (Å²) in [5.41, 5.74) is 6.04. The number of aryl methyl sites for hydroxylation is 3. The first kappa shape index (κ1) is 16.7.